The molecule has 4 nitrogen and oxygen atoms in total. The van der Waals surface area contributed by atoms with Crippen LogP contribution in [0.5, 0.6) is 5.75 Å². The Balaban J connectivity index is 1.94. The largest absolute Gasteiger partial charge is 0.490 e. The molecule has 1 aliphatic heterocycles. The van der Waals surface area contributed by atoms with Crippen LogP contribution < -0.4 is 10.1 Å². The van der Waals surface area contributed by atoms with Crippen LogP contribution in [-0.2, 0) is 4.74 Å². The molecule has 1 fully saturated rings. The third-order valence-electron chi connectivity index (χ3n) is 2.56. The van der Waals surface area contributed by atoms with Crippen molar-refractivity contribution >= 4 is 5.82 Å². The number of ether oxygens (including phenoxy) is 2. The summed E-state index contributed by atoms with van der Waals surface area (Å²) in [5, 5.41) is 3.17. The Kier molecular flexibility index (Phi) is 3.99. The van der Waals surface area contributed by atoms with E-state index in [9.17, 15) is 0 Å². The molecule has 2 heterocycles. The van der Waals surface area contributed by atoms with Crippen LogP contribution in [0, 0.1) is 0 Å². The summed E-state index contributed by atoms with van der Waals surface area (Å²) in [6.07, 6.45) is 4.00. The molecule has 0 unspecified atom stereocenters. The quantitative estimate of drug-likeness (QED) is 0.847. The lowest BCUT2D eigenvalue weighted by Crippen LogP contribution is -2.25. The summed E-state index contributed by atoms with van der Waals surface area (Å²) in [5.74, 6) is 1.75. The molecular formula is C12H18N2O2. The highest BCUT2D eigenvalue weighted by Gasteiger charge is 2.15. The van der Waals surface area contributed by atoms with Crippen molar-refractivity contribution in [2.45, 2.75) is 25.9 Å². The molecule has 1 aromatic rings. The lowest BCUT2D eigenvalue weighted by Gasteiger charge is -2.23. The number of hydrogen-bond donors (Lipinski definition) is 1. The van der Waals surface area contributed by atoms with E-state index in [2.05, 4.69) is 10.3 Å². The summed E-state index contributed by atoms with van der Waals surface area (Å²) in [7, 11) is 0. The fourth-order valence-corrected chi connectivity index (χ4v) is 1.75. The van der Waals surface area contributed by atoms with Crippen molar-refractivity contribution in [1.29, 1.82) is 0 Å². The smallest absolute Gasteiger partial charge is 0.129 e. The maximum Gasteiger partial charge on any atom is 0.129 e. The molecule has 0 radical (unpaired) electrons. The normalized spacial score (nSPS) is 17.1. The Labute approximate surface area is 96.0 Å². The Morgan fingerprint density at radius 3 is 3.06 bits per heavy atom. The molecule has 0 spiro atoms. The summed E-state index contributed by atoms with van der Waals surface area (Å²) in [5.41, 5.74) is 0. The summed E-state index contributed by atoms with van der Waals surface area (Å²) < 4.78 is 11.2. The maximum absolute atomic E-state index is 5.88. The number of nitrogens with zero attached hydrogens (tertiary/aromatic N) is 1. The highest BCUT2D eigenvalue weighted by Crippen LogP contribution is 2.19. The van der Waals surface area contributed by atoms with E-state index in [1.54, 1.807) is 6.20 Å². The first kappa shape index (κ1) is 11.2. The van der Waals surface area contributed by atoms with Crippen LogP contribution in [0.15, 0.2) is 18.3 Å². The summed E-state index contributed by atoms with van der Waals surface area (Å²) >= 11 is 0. The Bertz CT molecular complexity index is 325. The van der Waals surface area contributed by atoms with Gasteiger partial charge in [-0.1, -0.05) is 0 Å². The molecule has 0 atom stereocenters. The molecule has 1 N–H and O–H groups in total. The van der Waals surface area contributed by atoms with E-state index < -0.39 is 0 Å². The Morgan fingerprint density at radius 1 is 1.50 bits per heavy atom. The van der Waals surface area contributed by atoms with Gasteiger partial charge in [0.15, 0.2) is 0 Å². The zero-order chi connectivity index (χ0) is 11.2. The molecule has 88 valence electrons. The molecule has 2 rings (SSSR count). The van der Waals surface area contributed by atoms with Crippen LogP contribution in [0.25, 0.3) is 0 Å². The number of pyridine rings is 1. The van der Waals surface area contributed by atoms with Gasteiger partial charge in [0.2, 0.25) is 0 Å². The van der Waals surface area contributed by atoms with Gasteiger partial charge in [0.05, 0.1) is 13.2 Å². The SMILES string of the molecule is CCNc1cc(OC2CCOCC2)ccn1. The predicted octanol–water partition coefficient (Wildman–Crippen LogP) is 2.07. The summed E-state index contributed by atoms with van der Waals surface area (Å²) in [4.78, 5) is 4.21. The first-order chi connectivity index (χ1) is 7.88. The first-order valence-corrected chi connectivity index (χ1v) is 5.83. The maximum atomic E-state index is 5.88. The van der Waals surface area contributed by atoms with Crippen LogP contribution in [0.3, 0.4) is 0 Å². The van der Waals surface area contributed by atoms with Crippen LogP contribution in [0.2, 0.25) is 0 Å². The topological polar surface area (TPSA) is 43.4 Å². The van der Waals surface area contributed by atoms with Crippen molar-refractivity contribution in [1.82, 2.24) is 4.98 Å². The van der Waals surface area contributed by atoms with Crippen molar-refractivity contribution < 1.29 is 9.47 Å². The molecule has 0 amide bonds. The van der Waals surface area contributed by atoms with Crippen LogP contribution in [-0.4, -0.2) is 30.8 Å². The molecule has 0 saturated carbocycles. The minimum Gasteiger partial charge on any atom is -0.490 e. The van der Waals surface area contributed by atoms with Crippen LogP contribution >= 0.6 is 0 Å². The van der Waals surface area contributed by atoms with Crippen molar-refractivity contribution in [2.75, 3.05) is 25.1 Å². The van der Waals surface area contributed by atoms with Gasteiger partial charge in [-0.15, -0.1) is 0 Å². The van der Waals surface area contributed by atoms with E-state index >= 15 is 0 Å². The van der Waals surface area contributed by atoms with Crippen molar-refractivity contribution in [3.63, 3.8) is 0 Å². The van der Waals surface area contributed by atoms with Crippen molar-refractivity contribution in [3.8, 4) is 5.75 Å². The minimum atomic E-state index is 0.283. The third kappa shape index (κ3) is 3.10. The van der Waals surface area contributed by atoms with Gasteiger partial charge in [-0.2, -0.15) is 0 Å². The van der Waals surface area contributed by atoms with Gasteiger partial charge >= 0.3 is 0 Å². The number of rotatable bonds is 4. The van der Waals surface area contributed by atoms with Crippen LogP contribution in [0.1, 0.15) is 19.8 Å². The molecule has 1 aromatic heterocycles. The van der Waals surface area contributed by atoms with Gasteiger partial charge in [0.25, 0.3) is 0 Å². The monoisotopic (exact) mass is 222 g/mol. The average Bonchev–Trinajstić information content (AvgIpc) is 2.31. The van der Waals surface area contributed by atoms with Crippen LogP contribution in [0.4, 0.5) is 5.82 Å². The lowest BCUT2D eigenvalue weighted by atomic mass is 10.1. The number of hydrogen-bond acceptors (Lipinski definition) is 4. The van der Waals surface area contributed by atoms with Gasteiger partial charge < -0.3 is 14.8 Å². The average molecular weight is 222 g/mol. The predicted molar refractivity (Wildman–Crippen MR) is 62.9 cm³/mol. The fraction of sp³-hybridized carbons (Fsp3) is 0.583. The van der Waals surface area contributed by atoms with E-state index in [0.29, 0.717) is 0 Å². The van der Waals surface area contributed by atoms with Gasteiger partial charge in [-0.25, -0.2) is 4.98 Å². The highest BCUT2D eigenvalue weighted by atomic mass is 16.5. The molecule has 16 heavy (non-hydrogen) atoms. The zero-order valence-corrected chi connectivity index (χ0v) is 9.61. The van der Waals surface area contributed by atoms with E-state index in [-0.39, 0.29) is 6.10 Å². The standard InChI is InChI=1S/C12H18N2O2/c1-2-13-12-9-11(3-6-14-12)16-10-4-7-15-8-5-10/h3,6,9-10H,2,4-5,7-8H2,1H3,(H,13,14). The van der Waals surface area contributed by atoms with Gasteiger partial charge in [0, 0.05) is 31.6 Å². The molecule has 1 saturated heterocycles. The molecule has 1 aliphatic rings. The molecule has 4 heteroatoms. The first-order valence-electron chi connectivity index (χ1n) is 5.83. The number of aromatic nitrogens is 1. The zero-order valence-electron chi connectivity index (χ0n) is 9.61. The van der Waals surface area contributed by atoms with E-state index in [0.717, 1.165) is 44.2 Å². The summed E-state index contributed by atoms with van der Waals surface area (Å²) in [6, 6.07) is 3.84. The molecule has 0 bridgehead atoms. The highest BCUT2D eigenvalue weighted by molar-refractivity contribution is 5.40. The number of anilines is 1. The Morgan fingerprint density at radius 2 is 2.31 bits per heavy atom. The molecule has 0 aromatic carbocycles. The third-order valence-corrected chi connectivity index (χ3v) is 2.56. The Hall–Kier alpha value is -1.29. The second-order valence-electron chi connectivity index (χ2n) is 3.84. The van der Waals surface area contributed by atoms with Crippen molar-refractivity contribution in [2.24, 2.45) is 0 Å². The van der Waals surface area contributed by atoms with E-state index in [1.807, 2.05) is 19.1 Å². The lowest BCUT2D eigenvalue weighted by molar-refractivity contribution is 0.0256. The number of nitrogens with one attached hydrogen (secondary N) is 1. The molecular weight excluding hydrogens is 204 g/mol. The summed E-state index contributed by atoms with van der Waals surface area (Å²) in [6.45, 7) is 4.52. The van der Waals surface area contributed by atoms with E-state index in [1.165, 1.54) is 0 Å². The van der Waals surface area contributed by atoms with Gasteiger partial charge in [0.1, 0.15) is 17.7 Å². The second-order valence-corrected chi connectivity index (χ2v) is 3.84. The van der Waals surface area contributed by atoms with E-state index in [4.69, 9.17) is 9.47 Å². The fourth-order valence-electron chi connectivity index (χ4n) is 1.75. The second kappa shape index (κ2) is 5.70. The van der Waals surface area contributed by atoms with Crippen molar-refractivity contribution in [3.05, 3.63) is 18.3 Å². The minimum absolute atomic E-state index is 0.283. The van der Waals surface area contributed by atoms with Gasteiger partial charge in [-0.3, -0.25) is 0 Å². The molecule has 0 aliphatic carbocycles. The van der Waals surface area contributed by atoms with Gasteiger partial charge in [-0.05, 0) is 13.0 Å².